The Hall–Kier alpha value is -1.28. The van der Waals surface area contributed by atoms with Crippen LogP contribution in [0.2, 0.25) is 0 Å². The van der Waals surface area contributed by atoms with Gasteiger partial charge in [-0.05, 0) is 31.0 Å². The van der Waals surface area contributed by atoms with Crippen LogP contribution < -0.4 is 0 Å². The molecule has 2 rings (SSSR count). The SMILES string of the molecule is Cc1ccc([C@@H](C)O)c2ccoc12. The van der Waals surface area contributed by atoms with Crippen LogP contribution in [0, 0.1) is 6.92 Å². The highest BCUT2D eigenvalue weighted by atomic mass is 16.3. The molecule has 0 aliphatic heterocycles. The van der Waals surface area contributed by atoms with Crippen molar-refractivity contribution < 1.29 is 9.52 Å². The zero-order chi connectivity index (χ0) is 9.42. The molecule has 0 radical (unpaired) electrons. The molecule has 2 aromatic rings. The van der Waals surface area contributed by atoms with Gasteiger partial charge >= 0.3 is 0 Å². The molecule has 0 spiro atoms. The third-order valence-corrected chi connectivity index (χ3v) is 2.30. The normalized spacial score (nSPS) is 13.5. The van der Waals surface area contributed by atoms with Crippen molar-refractivity contribution in [3.63, 3.8) is 0 Å². The van der Waals surface area contributed by atoms with Gasteiger partial charge in [-0.2, -0.15) is 0 Å². The monoisotopic (exact) mass is 176 g/mol. The Labute approximate surface area is 76.8 Å². The molecule has 0 aliphatic rings. The fourth-order valence-corrected chi connectivity index (χ4v) is 1.59. The third-order valence-electron chi connectivity index (χ3n) is 2.30. The van der Waals surface area contributed by atoms with E-state index in [9.17, 15) is 5.11 Å². The Morgan fingerprint density at radius 3 is 2.77 bits per heavy atom. The smallest absolute Gasteiger partial charge is 0.137 e. The molecule has 0 saturated carbocycles. The summed E-state index contributed by atoms with van der Waals surface area (Å²) in [6, 6.07) is 5.80. The van der Waals surface area contributed by atoms with Gasteiger partial charge in [0.15, 0.2) is 0 Å². The number of benzene rings is 1. The molecule has 0 amide bonds. The summed E-state index contributed by atoms with van der Waals surface area (Å²) in [7, 11) is 0. The first-order valence-corrected chi connectivity index (χ1v) is 4.35. The average Bonchev–Trinajstić information content (AvgIpc) is 2.53. The molecule has 2 nitrogen and oxygen atoms in total. The molecule has 1 atom stereocenters. The molecule has 1 N–H and O–H groups in total. The van der Waals surface area contributed by atoms with Gasteiger partial charge in [0.25, 0.3) is 0 Å². The van der Waals surface area contributed by atoms with Crippen molar-refractivity contribution in [1.82, 2.24) is 0 Å². The lowest BCUT2D eigenvalue weighted by atomic mass is 10.0. The molecule has 0 aliphatic carbocycles. The number of aliphatic hydroxyl groups is 1. The van der Waals surface area contributed by atoms with Crippen molar-refractivity contribution in [1.29, 1.82) is 0 Å². The summed E-state index contributed by atoms with van der Waals surface area (Å²) >= 11 is 0. The highest BCUT2D eigenvalue weighted by Crippen LogP contribution is 2.27. The highest BCUT2D eigenvalue weighted by molar-refractivity contribution is 5.84. The van der Waals surface area contributed by atoms with Crippen LogP contribution in [-0.4, -0.2) is 5.11 Å². The Morgan fingerprint density at radius 2 is 2.08 bits per heavy atom. The Bertz CT molecular complexity index is 427. The summed E-state index contributed by atoms with van der Waals surface area (Å²) in [4.78, 5) is 0. The second-order valence-corrected chi connectivity index (χ2v) is 3.31. The summed E-state index contributed by atoms with van der Waals surface area (Å²) < 4.78 is 5.33. The standard InChI is InChI=1S/C11H12O2/c1-7-3-4-9(8(2)12)10-5-6-13-11(7)10/h3-6,8,12H,1-2H3/t8-/m1/s1. The summed E-state index contributed by atoms with van der Waals surface area (Å²) in [5, 5.41) is 10.5. The molecule has 2 heteroatoms. The van der Waals surface area contributed by atoms with Crippen LogP contribution in [0.5, 0.6) is 0 Å². The van der Waals surface area contributed by atoms with Gasteiger partial charge in [0.1, 0.15) is 5.58 Å². The van der Waals surface area contributed by atoms with Crippen LogP contribution in [0.1, 0.15) is 24.2 Å². The topological polar surface area (TPSA) is 33.4 Å². The van der Waals surface area contributed by atoms with Crippen molar-refractivity contribution in [2.24, 2.45) is 0 Å². The van der Waals surface area contributed by atoms with Crippen molar-refractivity contribution in [2.75, 3.05) is 0 Å². The van der Waals surface area contributed by atoms with Gasteiger partial charge in [-0.1, -0.05) is 12.1 Å². The molecular weight excluding hydrogens is 164 g/mol. The van der Waals surface area contributed by atoms with Crippen molar-refractivity contribution in [3.8, 4) is 0 Å². The van der Waals surface area contributed by atoms with Gasteiger partial charge in [0.05, 0.1) is 12.4 Å². The number of aryl methyl sites for hydroxylation is 1. The van der Waals surface area contributed by atoms with Gasteiger partial charge in [-0.3, -0.25) is 0 Å². The molecule has 1 heterocycles. The van der Waals surface area contributed by atoms with Crippen LogP contribution in [0.3, 0.4) is 0 Å². The number of furan rings is 1. The van der Waals surface area contributed by atoms with E-state index in [0.717, 1.165) is 22.1 Å². The quantitative estimate of drug-likeness (QED) is 0.724. The second kappa shape index (κ2) is 2.89. The maximum Gasteiger partial charge on any atom is 0.137 e. The number of hydrogen-bond acceptors (Lipinski definition) is 2. The zero-order valence-corrected chi connectivity index (χ0v) is 7.74. The van der Waals surface area contributed by atoms with Crippen LogP contribution in [-0.2, 0) is 0 Å². The van der Waals surface area contributed by atoms with E-state index in [1.54, 1.807) is 13.2 Å². The van der Waals surface area contributed by atoms with Crippen molar-refractivity contribution in [3.05, 3.63) is 35.6 Å². The molecule has 1 aromatic carbocycles. The third kappa shape index (κ3) is 1.23. The predicted octanol–water partition coefficient (Wildman–Crippen LogP) is 2.79. The van der Waals surface area contributed by atoms with E-state index in [1.165, 1.54) is 0 Å². The number of aliphatic hydroxyl groups excluding tert-OH is 1. The second-order valence-electron chi connectivity index (χ2n) is 3.31. The largest absolute Gasteiger partial charge is 0.464 e. The molecular formula is C11H12O2. The molecule has 0 saturated heterocycles. The Kier molecular flexibility index (Phi) is 1.85. The van der Waals surface area contributed by atoms with Crippen molar-refractivity contribution in [2.45, 2.75) is 20.0 Å². The van der Waals surface area contributed by atoms with Crippen LogP contribution in [0.25, 0.3) is 11.0 Å². The van der Waals surface area contributed by atoms with Gasteiger partial charge in [0, 0.05) is 5.39 Å². The number of fused-ring (bicyclic) bond motifs is 1. The first-order chi connectivity index (χ1) is 6.20. The first-order valence-electron chi connectivity index (χ1n) is 4.35. The lowest BCUT2D eigenvalue weighted by Crippen LogP contribution is -1.91. The minimum atomic E-state index is -0.444. The van der Waals surface area contributed by atoms with E-state index in [4.69, 9.17) is 4.42 Å². The summed E-state index contributed by atoms with van der Waals surface area (Å²) in [5.41, 5.74) is 2.90. The molecule has 1 aromatic heterocycles. The maximum atomic E-state index is 9.49. The maximum absolute atomic E-state index is 9.49. The molecule has 0 bridgehead atoms. The molecule has 0 fully saturated rings. The van der Waals surface area contributed by atoms with E-state index in [2.05, 4.69) is 0 Å². The van der Waals surface area contributed by atoms with E-state index < -0.39 is 6.10 Å². The molecule has 0 unspecified atom stereocenters. The van der Waals surface area contributed by atoms with Gasteiger partial charge in [-0.15, -0.1) is 0 Å². The van der Waals surface area contributed by atoms with Gasteiger partial charge in [-0.25, -0.2) is 0 Å². The van der Waals surface area contributed by atoms with Gasteiger partial charge in [0.2, 0.25) is 0 Å². The fourth-order valence-electron chi connectivity index (χ4n) is 1.59. The van der Waals surface area contributed by atoms with Crippen LogP contribution in [0.4, 0.5) is 0 Å². The Balaban J connectivity index is 2.78. The van der Waals surface area contributed by atoms with E-state index in [0.29, 0.717) is 0 Å². The highest BCUT2D eigenvalue weighted by Gasteiger charge is 2.09. The van der Waals surface area contributed by atoms with Crippen LogP contribution in [0.15, 0.2) is 28.9 Å². The Morgan fingerprint density at radius 1 is 1.31 bits per heavy atom. The van der Waals surface area contributed by atoms with E-state index >= 15 is 0 Å². The lowest BCUT2D eigenvalue weighted by Gasteiger charge is -2.06. The summed E-state index contributed by atoms with van der Waals surface area (Å²) in [6.45, 7) is 3.76. The summed E-state index contributed by atoms with van der Waals surface area (Å²) in [6.07, 6.45) is 1.21. The summed E-state index contributed by atoms with van der Waals surface area (Å²) in [5.74, 6) is 0. The number of rotatable bonds is 1. The molecule has 13 heavy (non-hydrogen) atoms. The van der Waals surface area contributed by atoms with Crippen LogP contribution >= 0.6 is 0 Å². The predicted molar refractivity (Wildman–Crippen MR) is 51.6 cm³/mol. The van der Waals surface area contributed by atoms with Crippen molar-refractivity contribution >= 4 is 11.0 Å². The fraction of sp³-hybridized carbons (Fsp3) is 0.273. The first kappa shape index (κ1) is 8.32. The average molecular weight is 176 g/mol. The zero-order valence-electron chi connectivity index (χ0n) is 7.74. The minimum Gasteiger partial charge on any atom is -0.464 e. The van der Waals surface area contributed by atoms with E-state index in [1.807, 2.05) is 25.1 Å². The van der Waals surface area contributed by atoms with E-state index in [-0.39, 0.29) is 0 Å². The molecule has 68 valence electrons. The number of hydrogen-bond donors (Lipinski definition) is 1. The van der Waals surface area contributed by atoms with Gasteiger partial charge < -0.3 is 9.52 Å². The minimum absolute atomic E-state index is 0.444. The lowest BCUT2D eigenvalue weighted by molar-refractivity contribution is 0.201.